The van der Waals surface area contributed by atoms with Gasteiger partial charge in [0.15, 0.2) is 0 Å². The van der Waals surface area contributed by atoms with E-state index in [4.69, 9.17) is 15.6 Å². The number of carbonyl (C=O) groups is 1. The van der Waals surface area contributed by atoms with Crippen LogP contribution in [0.25, 0.3) is 0 Å². The fraction of sp³-hybridized carbons (Fsp3) is 0.533. The highest BCUT2D eigenvalue weighted by atomic mass is 16.5. The predicted octanol–water partition coefficient (Wildman–Crippen LogP) is 2.26. The molecular formula is C15H23NO3. The summed E-state index contributed by atoms with van der Waals surface area (Å²) in [6, 6.07) is 3.08. The molecule has 0 spiro atoms. The first kappa shape index (κ1) is 15.5. The van der Waals surface area contributed by atoms with E-state index >= 15 is 0 Å². The third-order valence-corrected chi connectivity index (χ3v) is 3.22. The Balaban J connectivity index is 3.24. The lowest BCUT2D eigenvalue weighted by Crippen LogP contribution is -2.32. The number of methoxy groups -OCH3 is 1. The first-order chi connectivity index (χ1) is 8.66. The van der Waals surface area contributed by atoms with E-state index < -0.39 is 12.0 Å². The summed E-state index contributed by atoms with van der Waals surface area (Å²) in [6.45, 7) is 8.24. The van der Waals surface area contributed by atoms with Gasteiger partial charge in [-0.05, 0) is 41.5 Å². The Morgan fingerprint density at radius 2 is 2.00 bits per heavy atom. The number of hydrogen-bond acceptors (Lipinski definition) is 3. The minimum atomic E-state index is -0.979. The smallest absolute Gasteiger partial charge is 0.320 e. The topological polar surface area (TPSA) is 72.5 Å². The molecular weight excluding hydrogens is 242 g/mol. The Bertz CT molecular complexity index is 475. The SMILES string of the molecule is COc1cc(C)c(CC(N)C(=O)O)cc1C(C)(C)C. The largest absolute Gasteiger partial charge is 0.496 e. The highest BCUT2D eigenvalue weighted by molar-refractivity contribution is 5.73. The van der Waals surface area contributed by atoms with Gasteiger partial charge in [-0.2, -0.15) is 0 Å². The third kappa shape index (κ3) is 3.70. The predicted molar refractivity (Wildman–Crippen MR) is 75.7 cm³/mol. The normalized spacial score (nSPS) is 13.2. The Hall–Kier alpha value is -1.55. The molecule has 0 radical (unpaired) electrons. The molecule has 0 aliphatic carbocycles. The number of rotatable bonds is 4. The van der Waals surface area contributed by atoms with Gasteiger partial charge in [0.2, 0.25) is 0 Å². The van der Waals surface area contributed by atoms with Crippen LogP contribution in [0.3, 0.4) is 0 Å². The van der Waals surface area contributed by atoms with E-state index in [-0.39, 0.29) is 5.41 Å². The maximum atomic E-state index is 10.9. The second kappa shape index (κ2) is 5.61. The molecule has 0 heterocycles. The number of ether oxygens (including phenoxy) is 1. The Morgan fingerprint density at radius 1 is 1.42 bits per heavy atom. The zero-order valence-corrected chi connectivity index (χ0v) is 12.3. The van der Waals surface area contributed by atoms with Crippen molar-refractivity contribution < 1.29 is 14.6 Å². The molecule has 0 aliphatic rings. The summed E-state index contributed by atoms with van der Waals surface area (Å²) in [5.74, 6) is -0.148. The second-order valence-corrected chi connectivity index (χ2v) is 5.88. The van der Waals surface area contributed by atoms with E-state index in [0.29, 0.717) is 6.42 Å². The molecule has 1 atom stereocenters. The average Bonchev–Trinajstić information content (AvgIpc) is 2.29. The highest BCUT2D eigenvalue weighted by Gasteiger charge is 2.22. The molecule has 4 nitrogen and oxygen atoms in total. The van der Waals surface area contributed by atoms with Crippen LogP contribution in [0.4, 0.5) is 0 Å². The molecule has 0 saturated carbocycles. The van der Waals surface area contributed by atoms with E-state index in [1.807, 2.05) is 19.1 Å². The zero-order chi connectivity index (χ0) is 14.8. The molecule has 0 saturated heterocycles. The molecule has 1 aromatic rings. The van der Waals surface area contributed by atoms with E-state index in [0.717, 1.165) is 22.4 Å². The van der Waals surface area contributed by atoms with Crippen LogP contribution in [-0.4, -0.2) is 24.2 Å². The van der Waals surface area contributed by atoms with Crippen molar-refractivity contribution in [1.82, 2.24) is 0 Å². The Kier molecular flexibility index (Phi) is 4.58. The van der Waals surface area contributed by atoms with Crippen molar-refractivity contribution in [3.05, 3.63) is 28.8 Å². The van der Waals surface area contributed by atoms with Crippen LogP contribution < -0.4 is 10.5 Å². The molecule has 0 amide bonds. The summed E-state index contributed by atoms with van der Waals surface area (Å²) < 4.78 is 5.41. The molecule has 106 valence electrons. The molecule has 19 heavy (non-hydrogen) atoms. The molecule has 0 aromatic heterocycles. The quantitative estimate of drug-likeness (QED) is 0.875. The maximum Gasteiger partial charge on any atom is 0.320 e. The second-order valence-electron chi connectivity index (χ2n) is 5.88. The molecule has 3 N–H and O–H groups in total. The average molecular weight is 265 g/mol. The number of aryl methyl sites for hydroxylation is 1. The molecule has 4 heteroatoms. The molecule has 1 aromatic carbocycles. The van der Waals surface area contributed by atoms with Crippen LogP contribution in [0.5, 0.6) is 5.75 Å². The molecule has 1 rings (SSSR count). The van der Waals surface area contributed by atoms with Crippen molar-refractivity contribution in [2.24, 2.45) is 5.73 Å². The van der Waals surface area contributed by atoms with Crippen molar-refractivity contribution in [3.63, 3.8) is 0 Å². The van der Waals surface area contributed by atoms with Crippen LogP contribution >= 0.6 is 0 Å². The number of aliphatic carboxylic acids is 1. The van der Waals surface area contributed by atoms with Gasteiger partial charge in [-0.3, -0.25) is 4.79 Å². The first-order valence-corrected chi connectivity index (χ1v) is 6.33. The van der Waals surface area contributed by atoms with Crippen LogP contribution in [0.1, 0.15) is 37.5 Å². The van der Waals surface area contributed by atoms with Gasteiger partial charge >= 0.3 is 5.97 Å². The van der Waals surface area contributed by atoms with Gasteiger partial charge in [0.25, 0.3) is 0 Å². The van der Waals surface area contributed by atoms with Crippen molar-refractivity contribution in [1.29, 1.82) is 0 Å². The van der Waals surface area contributed by atoms with Crippen LogP contribution in [0.2, 0.25) is 0 Å². The van der Waals surface area contributed by atoms with Crippen molar-refractivity contribution in [3.8, 4) is 5.75 Å². The van der Waals surface area contributed by atoms with Gasteiger partial charge in [0.05, 0.1) is 7.11 Å². The van der Waals surface area contributed by atoms with Crippen LogP contribution in [0, 0.1) is 6.92 Å². The number of benzene rings is 1. The summed E-state index contributed by atoms with van der Waals surface area (Å²) in [5.41, 5.74) is 8.57. The van der Waals surface area contributed by atoms with Gasteiger partial charge in [-0.25, -0.2) is 0 Å². The van der Waals surface area contributed by atoms with Gasteiger partial charge in [0.1, 0.15) is 11.8 Å². The molecule has 1 unspecified atom stereocenters. The summed E-state index contributed by atoms with van der Waals surface area (Å²) >= 11 is 0. The van der Waals surface area contributed by atoms with Crippen LogP contribution in [0.15, 0.2) is 12.1 Å². The van der Waals surface area contributed by atoms with E-state index in [1.54, 1.807) is 7.11 Å². The first-order valence-electron chi connectivity index (χ1n) is 6.33. The molecule has 0 aliphatic heterocycles. The number of carboxylic acids is 1. The summed E-state index contributed by atoms with van der Waals surface area (Å²) in [5, 5.41) is 8.91. The third-order valence-electron chi connectivity index (χ3n) is 3.22. The highest BCUT2D eigenvalue weighted by Crippen LogP contribution is 2.33. The van der Waals surface area contributed by atoms with Gasteiger partial charge in [0, 0.05) is 0 Å². The standard InChI is InChI=1S/C15H23NO3/c1-9-6-13(19-5)11(15(2,3)4)7-10(9)8-12(16)14(17)18/h6-7,12H,8,16H2,1-5H3,(H,17,18). The van der Waals surface area contributed by atoms with E-state index in [9.17, 15) is 4.79 Å². The maximum absolute atomic E-state index is 10.9. The number of carboxylic acid groups (broad SMARTS) is 1. The van der Waals surface area contributed by atoms with Crippen molar-refractivity contribution in [2.75, 3.05) is 7.11 Å². The lowest BCUT2D eigenvalue weighted by Gasteiger charge is -2.24. The number of hydrogen-bond donors (Lipinski definition) is 2. The van der Waals surface area contributed by atoms with Crippen molar-refractivity contribution >= 4 is 5.97 Å². The summed E-state index contributed by atoms with van der Waals surface area (Å²) in [6.07, 6.45) is 0.328. The minimum absolute atomic E-state index is 0.0683. The fourth-order valence-corrected chi connectivity index (χ4v) is 2.03. The lowest BCUT2D eigenvalue weighted by molar-refractivity contribution is -0.138. The lowest BCUT2D eigenvalue weighted by atomic mass is 9.83. The van der Waals surface area contributed by atoms with Gasteiger partial charge < -0.3 is 15.6 Å². The molecule has 0 bridgehead atoms. The molecule has 0 fully saturated rings. The Morgan fingerprint density at radius 3 is 2.42 bits per heavy atom. The number of nitrogens with two attached hydrogens (primary N) is 1. The van der Waals surface area contributed by atoms with Crippen LogP contribution in [-0.2, 0) is 16.6 Å². The zero-order valence-electron chi connectivity index (χ0n) is 12.3. The monoisotopic (exact) mass is 265 g/mol. The van der Waals surface area contributed by atoms with Crippen molar-refractivity contribution in [2.45, 2.75) is 45.6 Å². The Labute approximate surface area is 114 Å². The van der Waals surface area contributed by atoms with Gasteiger partial charge in [-0.15, -0.1) is 0 Å². The minimum Gasteiger partial charge on any atom is -0.496 e. The van der Waals surface area contributed by atoms with E-state index in [1.165, 1.54) is 0 Å². The summed E-state index contributed by atoms with van der Waals surface area (Å²) in [4.78, 5) is 10.9. The van der Waals surface area contributed by atoms with E-state index in [2.05, 4.69) is 20.8 Å². The fourth-order valence-electron chi connectivity index (χ4n) is 2.03. The summed E-state index contributed by atoms with van der Waals surface area (Å²) in [7, 11) is 1.65. The van der Waals surface area contributed by atoms with Gasteiger partial charge in [-0.1, -0.05) is 26.8 Å².